The second-order valence-corrected chi connectivity index (χ2v) is 9.27. The van der Waals surface area contributed by atoms with E-state index in [1.165, 1.54) is 25.7 Å². The SMILES string of the molecule is C[C@H]1C(OC2CCCCC2)O[C@@H]2O[C@@H](C)CCC3[C@H](C)CCC1[C@]32O. The highest BCUT2D eigenvalue weighted by atomic mass is 16.8. The van der Waals surface area contributed by atoms with Gasteiger partial charge in [0.05, 0.1) is 12.2 Å². The maximum Gasteiger partial charge on any atom is 0.190 e. The van der Waals surface area contributed by atoms with Gasteiger partial charge in [-0.1, -0.05) is 33.1 Å². The summed E-state index contributed by atoms with van der Waals surface area (Å²) in [5.41, 5.74) is -0.853. The monoisotopic (exact) mass is 352 g/mol. The summed E-state index contributed by atoms with van der Waals surface area (Å²) in [5.74, 6) is 1.24. The lowest BCUT2D eigenvalue weighted by Gasteiger charge is -2.57. The van der Waals surface area contributed by atoms with Crippen molar-refractivity contribution in [2.75, 3.05) is 0 Å². The zero-order valence-corrected chi connectivity index (χ0v) is 16.2. The van der Waals surface area contributed by atoms with Crippen molar-refractivity contribution in [3.8, 4) is 0 Å². The number of aliphatic hydroxyl groups is 1. The number of hydrogen-bond donors (Lipinski definition) is 1. The summed E-state index contributed by atoms with van der Waals surface area (Å²) in [6, 6.07) is 0. The van der Waals surface area contributed by atoms with Gasteiger partial charge in [0, 0.05) is 11.8 Å². The van der Waals surface area contributed by atoms with Gasteiger partial charge in [-0.25, -0.2) is 0 Å². The van der Waals surface area contributed by atoms with Crippen LogP contribution in [-0.2, 0) is 14.2 Å². The summed E-state index contributed by atoms with van der Waals surface area (Å²) >= 11 is 0. The Hall–Kier alpha value is -0.160. The molecule has 0 bridgehead atoms. The first-order valence-electron chi connectivity index (χ1n) is 10.7. The minimum Gasteiger partial charge on any atom is -0.384 e. The first-order valence-corrected chi connectivity index (χ1v) is 10.7. The van der Waals surface area contributed by atoms with E-state index in [-0.39, 0.29) is 30.1 Å². The molecule has 0 aromatic heterocycles. The molecule has 144 valence electrons. The second-order valence-electron chi connectivity index (χ2n) is 9.27. The fourth-order valence-electron chi connectivity index (χ4n) is 6.08. The Morgan fingerprint density at radius 2 is 1.56 bits per heavy atom. The molecule has 2 saturated heterocycles. The van der Waals surface area contributed by atoms with Crippen LogP contribution in [-0.4, -0.2) is 35.5 Å². The van der Waals surface area contributed by atoms with Gasteiger partial charge in [0.2, 0.25) is 0 Å². The molecule has 0 amide bonds. The molecule has 4 rings (SSSR count). The third-order valence-electron chi connectivity index (χ3n) is 7.63. The summed E-state index contributed by atoms with van der Waals surface area (Å²) < 4.78 is 19.0. The number of ether oxygens (including phenoxy) is 3. The van der Waals surface area contributed by atoms with Crippen LogP contribution in [0.1, 0.15) is 78.6 Å². The molecule has 4 aliphatic rings. The molecular weight excluding hydrogens is 316 g/mol. The molecule has 0 radical (unpaired) electrons. The van der Waals surface area contributed by atoms with Gasteiger partial charge in [-0.2, -0.15) is 0 Å². The van der Waals surface area contributed by atoms with E-state index in [0.717, 1.165) is 32.1 Å². The van der Waals surface area contributed by atoms with Gasteiger partial charge < -0.3 is 19.3 Å². The zero-order valence-electron chi connectivity index (χ0n) is 16.2. The van der Waals surface area contributed by atoms with Crippen LogP contribution in [0.2, 0.25) is 0 Å². The lowest BCUT2D eigenvalue weighted by atomic mass is 9.58. The van der Waals surface area contributed by atoms with Gasteiger partial charge in [0.15, 0.2) is 12.6 Å². The first kappa shape index (κ1) is 18.2. The Labute approximate surface area is 152 Å². The standard InChI is InChI=1S/C21H36O4/c1-13-9-11-18-15(3)19(24-16-7-5-4-6-8-16)25-20-21(18,22)17(13)12-10-14(2)23-20/h13-20,22H,4-12H2,1-3H3/t13-,14+,15-,17?,18?,19?,20+,21-/m1/s1. The summed E-state index contributed by atoms with van der Waals surface area (Å²) in [6.45, 7) is 6.62. The highest BCUT2D eigenvalue weighted by Crippen LogP contribution is 2.55. The van der Waals surface area contributed by atoms with Crippen molar-refractivity contribution in [1.82, 2.24) is 0 Å². The normalized spacial score (nSPS) is 51.6. The van der Waals surface area contributed by atoms with E-state index < -0.39 is 11.9 Å². The second kappa shape index (κ2) is 7.10. The molecule has 2 aliphatic heterocycles. The van der Waals surface area contributed by atoms with Crippen LogP contribution in [0.5, 0.6) is 0 Å². The van der Waals surface area contributed by atoms with Crippen molar-refractivity contribution >= 4 is 0 Å². The molecule has 2 saturated carbocycles. The number of rotatable bonds is 2. The van der Waals surface area contributed by atoms with Crippen molar-refractivity contribution in [3.05, 3.63) is 0 Å². The van der Waals surface area contributed by atoms with E-state index >= 15 is 0 Å². The molecule has 1 N–H and O–H groups in total. The van der Waals surface area contributed by atoms with Gasteiger partial charge in [0.1, 0.15) is 5.60 Å². The minimum absolute atomic E-state index is 0.135. The molecule has 2 aliphatic carbocycles. The summed E-state index contributed by atoms with van der Waals surface area (Å²) in [4.78, 5) is 0. The smallest absolute Gasteiger partial charge is 0.190 e. The zero-order chi connectivity index (χ0) is 17.6. The van der Waals surface area contributed by atoms with Crippen molar-refractivity contribution in [1.29, 1.82) is 0 Å². The van der Waals surface area contributed by atoms with Crippen LogP contribution in [0, 0.1) is 23.7 Å². The van der Waals surface area contributed by atoms with Crippen molar-refractivity contribution in [2.24, 2.45) is 23.7 Å². The molecule has 8 atom stereocenters. The molecule has 4 fully saturated rings. The third kappa shape index (κ3) is 3.18. The molecule has 4 nitrogen and oxygen atoms in total. The van der Waals surface area contributed by atoms with Gasteiger partial charge in [-0.05, 0) is 57.3 Å². The molecular formula is C21H36O4. The maximum atomic E-state index is 11.8. The van der Waals surface area contributed by atoms with E-state index in [4.69, 9.17) is 14.2 Å². The van der Waals surface area contributed by atoms with E-state index in [2.05, 4.69) is 20.8 Å². The van der Waals surface area contributed by atoms with Crippen molar-refractivity contribution in [2.45, 2.75) is 109 Å². The van der Waals surface area contributed by atoms with E-state index in [1.54, 1.807) is 0 Å². The fraction of sp³-hybridized carbons (Fsp3) is 1.00. The fourth-order valence-corrected chi connectivity index (χ4v) is 6.08. The van der Waals surface area contributed by atoms with Crippen LogP contribution < -0.4 is 0 Å². The lowest BCUT2D eigenvalue weighted by molar-refractivity contribution is -0.387. The topological polar surface area (TPSA) is 47.9 Å². The van der Waals surface area contributed by atoms with Gasteiger partial charge in [0.25, 0.3) is 0 Å². The highest BCUT2D eigenvalue weighted by molar-refractivity contribution is 5.06. The predicted octanol–water partition coefficient (Wildman–Crippen LogP) is 4.25. The number of hydrogen-bond acceptors (Lipinski definition) is 4. The van der Waals surface area contributed by atoms with Crippen LogP contribution in [0.25, 0.3) is 0 Å². The van der Waals surface area contributed by atoms with Gasteiger partial charge >= 0.3 is 0 Å². The molecule has 2 heterocycles. The minimum atomic E-state index is -0.853. The highest BCUT2D eigenvalue weighted by Gasteiger charge is 2.62. The van der Waals surface area contributed by atoms with Crippen molar-refractivity contribution < 1.29 is 19.3 Å². The average Bonchev–Trinajstić information content (AvgIpc) is 2.72. The summed E-state index contributed by atoms with van der Waals surface area (Å²) in [5, 5.41) is 11.8. The van der Waals surface area contributed by atoms with Crippen LogP contribution >= 0.6 is 0 Å². The lowest BCUT2D eigenvalue weighted by Crippen LogP contribution is -2.66. The Kier molecular flexibility index (Phi) is 5.18. The Morgan fingerprint density at radius 1 is 0.840 bits per heavy atom. The van der Waals surface area contributed by atoms with Gasteiger partial charge in [-0.15, -0.1) is 0 Å². The molecule has 3 unspecified atom stereocenters. The van der Waals surface area contributed by atoms with E-state index in [1.807, 2.05) is 0 Å². The van der Waals surface area contributed by atoms with Crippen molar-refractivity contribution in [3.63, 3.8) is 0 Å². The first-order chi connectivity index (χ1) is 12.0. The third-order valence-corrected chi connectivity index (χ3v) is 7.63. The Bertz CT molecular complexity index is 463. The molecule has 0 aromatic carbocycles. The summed E-state index contributed by atoms with van der Waals surface area (Å²) in [7, 11) is 0. The van der Waals surface area contributed by atoms with Crippen LogP contribution in [0.15, 0.2) is 0 Å². The Balaban J connectivity index is 1.57. The Morgan fingerprint density at radius 3 is 2.32 bits per heavy atom. The molecule has 4 heteroatoms. The van der Waals surface area contributed by atoms with Gasteiger partial charge in [-0.3, -0.25) is 0 Å². The van der Waals surface area contributed by atoms with E-state index in [9.17, 15) is 5.11 Å². The molecule has 0 aromatic rings. The molecule has 25 heavy (non-hydrogen) atoms. The maximum absolute atomic E-state index is 11.8. The molecule has 0 spiro atoms. The van der Waals surface area contributed by atoms with Crippen LogP contribution in [0.3, 0.4) is 0 Å². The predicted molar refractivity (Wildman–Crippen MR) is 95.9 cm³/mol. The van der Waals surface area contributed by atoms with Crippen LogP contribution in [0.4, 0.5) is 0 Å². The average molecular weight is 353 g/mol. The quantitative estimate of drug-likeness (QED) is 0.807. The summed E-state index contributed by atoms with van der Waals surface area (Å²) in [6.07, 6.45) is 10.1. The largest absolute Gasteiger partial charge is 0.384 e. The van der Waals surface area contributed by atoms with E-state index in [0.29, 0.717) is 12.0 Å².